The second-order valence-electron chi connectivity index (χ2n) is 6.23. The Morgan fingerprint density at radius 2 is 1.43 bits per heavy atom. The highest BCUT2D eigenvalue weighted by Gasteiger charge is 2.12. The van der Waals surface area contributed by atoms with Gasteiger partial charge in [-0.15, -0.1) is 0 Å². The standard InChI is InChI=1S/C23H21NO4/c1-17(25)20-12-13-22(27-15-18-8-4-2-5-9-18)21(14-20)24-23(26)28-16-19-10-6-3-7-11-19/h2-14H,15-16H2,1H3,(H,24,26). The molecule has 3 rings (SSSR count). The van der Waals surface area contributed by atoms with Gasteiger partial charge in [-0.05, 0) is 36.2 Å². The molecule has 1 N–H and O–H groups in total. The summed E-state index contributed by atoms with van der Waals surface area (Å²) in [6.45, 7) is 1.96. The predicted octanol–water partition coefficient (Wildman–Crippen LogP) is 5.22. The predicted molar refractivity (Wildman–Crippen MR) is 107 cm³/mol. The fraction of sp³-hybridized carbons (Fsp3) is 0.130. The number of benzene rings is 3. The molecule has 28 heavy (non-hydrogen) atoms. The van der Waals surface area contributed by atoms with Crippen LogP contribution in [0.15, 0.2) is 78.9 Å². The van der Waals surface area contributed by atoms with Gasteiger partial charge in [-0.25, -0.2) is 4.79 Å². The molecule has 0 saturated carbocycles. The Morgan fingerprint density at radius 1 is 0.821 bits per heavy atom. The zero-order valence-corrected chi connectivity index (χ0v) is 15.6. The zero-order valence-electron chi connectivity index (χ0n) is 15.6. The van der Waals surface area contributed by atoms with Crippen LogP contribution in [0.25, 0.3) is 0 Å². The van der Waals surface area contributed by atoms with Crippen molar-refractivity contribution in [2.24, 2.45) is 0 Å². The Hall–Kier alpha value is -3.60. The van der Waals surface area contributed by atoms with Crippen molar-refractivity contribution in [2.45, 2.75) is 20.1 Å². The lowest BCUT2D eigenvalue weighted by Crippen LogP contribution is -2.15. The fourth-order valence-corrected chi connectivity index (χ4v) is 2.58. The maximum atomic E-state index is 12.2. The molecule has 5 nitrogen and oxygen atoms in total. The number of hydrogen-bond acceptors (Lipinski definition) is 4. The van der Waals surface area contributed by atoms with E-state index in [1.807, 2.05) is 60.7 Å². The lowest BCUT2D eigenvalue weighted by Gasteiger charge is -2.14. The number of rotatable bonds is 7. The van der Waals surface area contributed by atoms with Gasteiger partial charge in [0.05, 0.1) is 5.69 Å². The Labute approximate surface area is 163 Å². The van der Waals surface area contributed by atoms with Crippen LogP contribution in [-0.4, -0.2) is 11.9 Å². The molecule has 0 spiro atoms. The topological polar surface area (TPSA) is 64.6 Å². The van der Waals surface area contributed by atoms with E-state index in [1.54, 1.807) is 18.2 Å². The Bertz CT molecular complexity index is 939. The monoisotopic (exact) mass is 375 g/mol. The minimum Gasteiger partial charge on any atom is -0.487 e. The molecule has 0 bridgehead atoms. The minimum absolute atomic E-state index is 0.102. The number of Topliss-reactive ketones (excluding diaryl/α,β-unsaturated/α-hetero) is 1. The first kappa shape index (κ1) is 19.2. The van der Waals surface area contributed by atoms with Gasteiger partial charge in [0.1, 0.15) is 19.0 Å². The fourth-order valence-electron chi connectivity index (χ4n) is 2.58. The number of anilines is 1. The molecule has 0 unspecified atom stereocenters. The Morgan fingerprint density at radius 3 is 2.04 bits per heavy atom. The van der Waals surface area contributed by atoms with E-state index in [0.717, 1.165) is 11.1 Å². The lowest BCUT2D eigenvalue weighted by atomic mass is 10.1. The highest BCUT2D eigenvalue weighted by atomic mass is 16.5. The molecule has 5 heteroatoms. The van der Waals surface area contributed by atoms with E-state index in [4.69, 9.17) is 9.47 Å². The van der Waals surface area contributed by atoms with Crippen molar-refractivity contribution < 1.29 is 19.1 Å². The summed E-state index contributed by atoms with van der Waals surface area (Å²) in [4.78, 5) is 23.9. The number of ketones is 1. The molecular formula is C23H21NO4. The van der Waals surface area contributed by atoms with Gasteiger partial charge in [0.25, 0.3) is 0 Å². The van der Waals surface area contributed by atoms with E-state index in [9.17, 15) is 9.59 Å². The summed E-state index contributed by atoms with van der Waals surface area (Å²) in [7, 11) is 0. The van der Waals surface area contributed by atoms with Gasteiger partial charge in [-0.1, -0.05) is 60.7 Å². The highest BCUT2D eigenvalue weighted by Crippen LogP contribution is 2.27. The maximum Gasteiger partial charge on any atom is 0.412 e. The largest absolute Gasteiger partial charge is 0.487 e. The van der Waals surface area contributed by atoms with E-state index in [-0.39, 0.29) is 12.4 Å². The summed E-state index contributed by atoms with van der Waals surface area (Å²) >= 11 is 0. The summed E-state index contributed by atoms with van der Waals surface area (Å²) in [5, 5.41) is 2.67. The van der Waals surface area contributed by atoms with Crippen molar-refractivity contribution in [3.63, 3.8) is 0 Å². The molecule has 0 heterocycles. The smallest absolute Gasteiger partial charge is 0.412 e. The number of ether oxygens (including phenoxy) is 2. The number of carbonyl (C=O) groups excluding carboxylic acids is 2. The Kier molecular flexibility index (Phi) is 6.41. The molecule has 0 aromatic heterocycles. The van der Waals surface area contributed by atoms with Crippen molar-refractivity contribution in [2.75, 3.05) is 5.32 Å². The number of hydrogen-bond donors (Lipinski definition) is 1. The summed E-state index contributed by atoms with van der Waals surface area (Å²) in [6.07, 6.45) is -0.617. The van der Waals surface area contributed by atoms with Crippen LogP contribution in [0.2, 0.25) is 0 Å². The first-order valence-electron chi connectivity index (χ1n) is 8.91. The SMILES string of the molecule is CC(=O)c1ccc(OCc2ccccc2)c(NC(=O)OCc2ccccc2)c1. The molecule has 0 aliphatic rings. The van der Waals surface area contributed by atoms with Crippen LogP contribution in [0.4, 0.5) is 10.5 Å². The normalized spacial score (nSPS) is 10.2. The first-order valence-corrected chi connectivity index (χ1v) is 8.91. The van der Waals surface area contributed by atoms with Gasteiger partial charge >= 0.3 is 6.09 Å². The van der Waals surface area contributed by atoms with E-state index < -0.39 is 6.09 Å². The molecule has 0 radical (unpaired) electrons. The van der Waals surface area contributed by atoms with Crippen LogP contribution in [0.5, 0.6) is 5.75 Å². The third kappa shape index (κ3) is 5.45. The molecule has 0 aliphatic heterocycles. The van der Waals surface area contributed by atoms with Gasteiger partial charge in [0.2, 0.25) is 0 Å². The van der Waals surface area contributed by atoms with Crippen molar-refractivity contribution in [3.05, 3.63) is 95.6 Å². The van der Waals surface area contributed by atoms with Gasteiger partial charge < -0.3 is 9.47 Å². The van der Waals surface area contributed by atoms with Crippen LogP contribution in [0.1, 0.15) is 28.4 Å². The van der Waals surface area contributed by atoms with Gasteiger partial charge in [-0.2, -0.15) is 0 Å². The third-order valence-electron chi connectivity index (χ3n) is 4.07. The summed E-state index contributed by atoms with van der Waals surface area (Å²) in [5.74, 6) is 0.362. The zero-order chi connectivity index (χ0) is 19.8. The van der Waals surface area contributed by atoms with Crippen LogP contribution in [-0.2, 0) is 18.0 Å². The van der Waals surface area contributed by atoms with Crippen molar-refractivity contribution in [3.8, 4) is 5.75 Å². The van der Waals surface area contributed by atoms with Crippen molar-refractivity contribution in [1.29, 1.82) is 0 Å². The second kappa shape index (κ2) is 9.37. The maximum absolute atomic E-state index is 12.2. The summed E-state index contributed by atoms with van der Waals surface area (Å²) < 4.78 is 11.1. The van der Waals surface area contributed by atoms with Gasteiger partial charge in [-0.3, -0.25) is 10.1 Å². The van der Waals surface area contributed by atoms with Crippen molar-refractivity contribution >= 4 is 17.6 Å². The van der Waals surface area contributed by atoms with Crippen LogP contribution < -0.4 is 10.1 Å². The van der Waals surface area contributed by atoms with E-state index in [0.29, 0.717) is 23.6 Å². The molecular weight excluding hydrogens is 354 g/mol. The highest BCUT2D eigenvalue weighted by molar-refractivity contribution is 5.97. The molecule has 3 aromatic rings. The minimum atomic E-state index is -0.617. The van der Waals surface area contributed by atoms with Crippen LogP contribution in [0, 0.1) is 0 Å². The number of nitrogens with one attached hydrogen (secondary N) is 1. The summed E-state index contributed by atoms with van der Waals surface area (Å²) in [5.41, 5.74) is 2.75. The van der Waals surface area contributed by atoms with E-state index >= 15 is 0 Å². The lowest BCUT2D eigenvalue weighted by molar-refractivity contribution is 0.101. The van der Waals surface area contributed by atoms with Crippen LogP contribution >= 0.6 is 0 Å². The first-order chi connectivity index (χ1) is 13.6. The molecule has 3 aromatic carbocycles. The average Bonchev–Trinajstić information content (AvgIpc) is 2.72. The van der Waals surface area contributed by atoms with E-state index in [2.05, 4.69) is 5.32 Å². The molecule has 0 fully saturated rings. The second-order valence-corrected chi connectivity index (χ2v) is 6.23. The Balaban J connectivity index is 1.70. The van der Waals surface area contributed by atoms with Crippen molar-refractivity contribution in [1.82, 2.24) is 0 Å². The van der Waals surface area contributed by atoms with Gasteiger partial charge in [0.15, 0.2) is 5.78 Å². The summed E-state index contributed by atoms with van der Waals surface area (Å²) in [6, 6.07) is 24.0. The van der Waals surface area contributed by atoms with Crippen LogP contribution in [0.3, 0.4) is 0 Å². The third-order valence-corrected chi connectivity index (χ3v) is 4.07. The quantitative estimate of drug-likeness (QED) is 0.575. The van der Waals surface area contributed by atoms with Gasteiger partial charge in [0, 0.05) is 5.56 Å². The molecule has 142 valence electrons. The molecule has 0 atom stereocenters. The molecule has 0 saturated heterocycles. The average molecular weight is 375 g/mol. The number of carbonyl (C=O) groups is 2. The molecule has 1 amide bonds. The molecule has 0 aliphatic carbocycles. The number of amides is 1. The van der Waals surface area contributed by atoms with E-state index in [1.165, 1.54) is 6.92 Å².